The van der Waals surface area contributed by atoms with Crippen LogP contribution in [0.5, 0.6) is 0 Å². The van der Waals surface area contributed by atoms with Gasteiger partial charge in [0.15, 0.2) is 11.6 Å². The highest BCUT2D eigenvalue weighted by Crippen LogP contribution is 1.89. The van der Waals surface area contributed by atoms with Crippen LogP contribution in [0.15, 0.2) is 5.10 Å². The first kappa shape index (κ1) is 12.1. The monoisotopic (exact) mass is 205 g/mol. The highest BCUT2D eigenvalue weighted by atomic mass is 16.7. The quantitative estimate of drug-likeness (QED) is 0.259. The van der Waals surface area contributed by atoms with E-state index in [2.05, 4.69) is 5.10 Å². The molecule has 0 saturated carbocycles. The van der Waals surface area contributed by atoms with Crippen LogP contribution < -0.4 is 0 Å². The van der Waals surface area contributed by atoms with Crippen LogP contribution in [0, 0.1) is 20.2 Å². The molecule has 0 aliphatic carbocycles. The van der Waals surface area contributed by atoms with Crippen LogP contribution in [0.2, 0.25) is 0 Å². The Balaban J connectivity index is 4.55. The SMILES string of the molecule is CN(C)N=C(CN(C)[N+](=O)[O-])[N+](=O)[O-]. The Hall–Kier alpha value is -1.93. The summed E-state index contributed by atoms with van der Waals surface area (Å²) in [6.07, 6.45) is 0. The molecule has 0 rings (SSSR count). The highest BCUT2D eigenvalue weighted by molar-refractivity contribution is 5.75. The van der Waals surface area contributed by atoms with Gasteiger partial charge in [-0.25, -0.2) is 15.1 Å². The molecule has 0 bridgehead atoms. The second-order valence-electron chi connectivity index (χ2n) is 2.67. The molecule has 0 saturated heterocycles. The number of likely N-dealkylation sites (N-methyl/N-ethyl adjacent to an activating group) is 1. The van der Waals surface area contributed by atoms with Gasteiger partial charge in [-0.1, -0.05) is 0 Å². The molecular weight excluding hydrogens is 194 g/mol. The number of amidine groups is 1. The fraction of sp³-hybridized carbons (Fsp3) is 0.800. The lowest BCUT2D eigenvalue weighted by atomic mass is 10.6. The zero-order valence-corrected chi connectivity index (χ0v) is 8.08. The molecule has 9 nitrogen and oxygen atoms in total. The second kappa shape index (κ2) is 4.94. The van der Waals surface area contributed by atoms with Gasteiger partial charge >= 0.3 is 5.84 Å². The summed E-state index contributed by atoms with van der Waals surface area (Å²) in [5.74, 6) is -0.478. The first-order valence-electron chi connectivity index (χ1n) is 3.59. The molecule has 80 valence electrons. The summed E-state index contributed by atoms with van der Waals surface area (Å²) in [5.41, 5.74) is 0. The Morgan fingerprint density at radius 2 is 1.79 bits per heavy atom. The molecule has 9 heteroatoms. The van der Waals surface area contributed by atoms with E-state index in [0.29, 0.717) is 5.01 Å². The average Bonchev–Trinajstić information content (AvgIpc) is 2.01. The van der Waals surface area contributed by atoms with Crippen molar-refractivity contribution < 1.29 is 9.96 Å². The summed E-state index contributed by atoms with van der Waals surface area (Å²) < 4.78 is 0. The zero-order chi connectivity index (χ0) is 11.3. The van der Waals surface area contributed by atoms with Gasteiger partial charge in [-0.2, -0.15) is 0 Å². The topological polar surface area (TPSA) is 105 Å². The van der Waals surface area contributed by atoms with Crippen LogP contribution in [0.3, 0.4) is 0 Å². The molecule has 0 unspecified atom stereocenters. The molecule has 0 aromatic rings. The van der Waals surface area contributed by atoms with Gasteiger partial charge in [0.1, 0.15) is 0 Å². The summed E-state index contributed by atoms with van der Waals surface area (Å²) in [5, 5.41) is 25.1. The van der Waals surface area contributed by atoms with Crippen molar-refractivity contribution in [2.24, 2.45) is 5.10 Å². The van der Waals surface area contributed by atoms with Crippen LogP contribution in [0.4, 0.5) is 0 Å². The van der Waals surface area contributed by atoms with E-state index in [1.165, 1.54) is 19.1 Å². The predicted octanol–water partition coefficient (Wildman–Crippen LogP) is -0.738. The van der Waals surface area contributed by atoms with Gasteiger partial charge < -0.3 is 10.1 Å². The highest BCUT2D eigenvalue weighted by Gasteiger charge is 2.21. The van der Waals surface area contributed by atoms with Crippen molar-refractivity contribution in [3.05, 3.63) is 20.2 Å². The minimum absolute atomic E-state index is 0.446. The summed E-state index contributed by atoms with van der Waals surface area (Å²) in [4.78, 5) is 19.8. The van der Waals surface area contributed by atoms with Gasteiger partial charge in [0, 0.05) is 14.1 Å². The molecule has 0 atom stereocenters. The number of hydrazine groups is 1. The third-order valence-corrected chi connectivity index (χ3v) is 1.18. The number of hydrogen-bond donors (Lipinski definition) is 0. The number of hydrazone groups is 1. The largest absolute Gasteiger partial charge is 0.388 e. The Morgan fingerprint density at radius 1 is 1.29 bits per heavy atom. The molecule has 0 aromatic heterocycles. The molecule has 14 heavy (non-hydrogen) atoms. The standard InChI is InChI=1S/C5H11N5O4/c1-7(2)6-5(9(11)12)4-8(3)10(13)14/h4H2,1-3H3. The maximum Gasteiger partial charge on any atom is 0.388 e. The van der Waals surface area contributed by atoms with Crippen molar-refractivity contribution in [1.82, 2.24) is 10.0 Å². The number of hydrogen-bond acceptors (Lipinski definition) is 6. The molecule has 0 spiro atoms. The molecule has 0 fully saturated rings. The molecular formula is C5H11N5O4. The van der Waals surface area contributed by atoms with Gasteiger partial charge in [-0.15, -0.1) is 5.01 Å². The van der Waals surface area contributed by atoms with E-state index in [1.807, 2.05) is 0 Å². The fourth-order valence-electron chi connectivity index (χ4n) is 0.619. The van der Waals surface area contributed by atoms with Crippen molar-refractivity contribution in [2.45, 2.75) is 0 Å². The lowest BCUT2D eigenvalue weighted by Crippen LogP contribution is -2.35. The Labute approximate surface area is 79.9 Å². The number of rotatable bonds is 4. The summed E-state index contributed by atoms with van der Waals surface area (Å²) in [6.45, 7) is -0.446. The summed E-state index contributed by atoms with van der Waals surface area (Å²) in [7, 11) is 4.12. The zero-order valence-electron chi connectivity index (χ0n) is 8.08. The van der Waals surface area contributed by atoms with Crippen molar-refractivity contribution in [3.63, 3.8) is 0 Å². The van der Waals surface area contributed by atoms with E-state index in [0.717, 1.165) is 7.05 Å². The molecule has 0 aliphatic heterocycles. The van der Waals surface area contributed by atoms with Crippen molar-refractivity contribution in [3.8, 4) is 0 Å². The Kier molecular flexibility index (Phi) is 4.26. The van der Waals surface area contributed by atoms with Gasteiger partial charge in [0.05, 0.1) is 12.1 Å². The summed E-state index contributed by atoms with van der Waals surface area (Å²) >= 11 is 0. The van der Waals surface area contributed by atoms with Gasteiger partial charge in [-0.05, 0) is 4.92 Å². The van der Waals surface area contributed by atoms with Crippen molar-refractivity contribution >= 4 is 5.84 Å². The van der Waals surface area contributed by atoms with E-state index in [9.17, 15) is 20.2 Å². The Morgan fingerprint density at radius 3 is 2.07 bits per heavy atom. The normalized spacial score (nSPS) is 10.9. The molecule has 0 aromatic carbocycles. The van der Waals surface area contributed by atoms with Crippen LogP contribution in [-0.2, 0) is 0 Å². The second-order valence-corrected chi connectivity index (χ2v) is 2.67. The van der Waals surface area contributed by atoms with E-state index >= 15 is 0 Å². The van der Waals surface area contributed by atoms with Crippen LogP contribution in [0.1, 0.15) is 0 Å². The van der Waals surface area contributed by atoms with Crippen LogP contribution in [-0.4, -0.2) is 53.5 Å². The molecule has 0 N–H and O–H groups in total. The number of nitro groups is 2. The molecule has 0 amide bonds. The van der Waals surface area contributed by atoms with Crippen LogP contribution in [0.25, 0.3) is 0 Å². The van der Waals surface area contributed by atoms with Crippen LogP contribution >= 0.6 is 0 Å². The van der Waals surface area contributed by atoms with Crippen molar-refractivity contribution in [1.29, 1.82) is 0 Å². The first-order chi connectivity index (χ1) is 6.34. The lowest BCUT2D eigenvalue weighted by molar-refractivity contribution is -0.647. The third kappa shape index (κ3) is 4.18. The van der Waals surface area contributed by atoms with E-state index in [4.69, 9.17) is 0 Å². The van der Waals surface area contributed by atoms with E-state index in [1.54, 1.807) is 0 Å². The molecule has 0 radical (unpaired) electrons. The lowest BCUT2D eigenvalue weighted by Gasteiger charge is -2.06. The predicted molar refractivity (Wildman–Crippen MR) is 47.7 cm³/mol. The maximum absolute atomic E-state index is 10.4. The van der Waals surface area contributed by atoms with Gasteiger partial charge in [0.2, 0.25) is 0 Å². The van der Waals surface area contributed by atoms with Gasteiger partial charge in [-0.3, -0.25) is 0 Å². The Bertz CT molecular complexity index is 263. The fourth-order valence-corrected chi connectivity index (χ4v) is 0.619. The third-order valence-electron chi connectivity index (χ3n) is 1.18. The van der Waals surface area contributed by atoms with E-state index < -0.39 is 22.3 Å². The molecule has 0 heterocycles. The maximum atomic E-state index is 10.4. The minimum atomic E-state index is -0.750. The smallest absolute Gasteiger partial charge is 0.358 e. The van der Waals surface area contributed by atoms with Gasteiger partial charge in [0.25, 0.3) is 0 Å². The average molecular weight is 205 g/mol. The molecule has 0 aliphatic rings. The minimum Gasteiger partial charge on any atom is -0.358 e. The number of nitrogens with zero attached hydrogens (tertiary/aromatic N) is 5. The first-order valence-corrected chi connectivity index (χ1v) is 3.59. The van der Waals surface area contributed by atoms with Crippen molar-refractivity contribution in [2.75, 3.05) is 27.7 Å². The van der Waals surface area contributed by atoms with E-state index in [-0.39, 0.29) is 0 Å². The summed E-state index contributed by atoms with van der Waals surface area (Å²) in [6, 6.07) is 0.